The summed E-state index contributed by atoms with van der Waals surface area (Å²) in [5.74, 6) is -0.530. The van der Waals surface area contributed by atoms with E-state index in [1.165, 1.54) is 4.90 Å². The van der Waals surface area contributed by atoms with E-state index < -0.39 is 5.91 Å². The van der Waals surface area contributed by atoms with Crippen molar-refractivity contribution in [2.45, 2.75) is 12.8 Å². The summed E-state index contributed by atoms with van der Waals surface area (Å²) in [7, 11) is 5.32. The van der Waals surface area contributed by atoms with Gasteiger partial charge in [0.2, 0.25) is 0 Å². The lowest BCUT2D eigenvalue weighted by Gasteiger charge is -2.30. The van der Waals surface area contributed by atoms with Gasteiger partial charge in [0, 0.05) is 21.1 Å². The summed E-state index contributed by atoms with van der Waals surface area (Å²) < 4.78 is 10.4. The molecule has 0 heterocycles. The third kappa shape index (κ3) is 5.67. The number of halogens is 2. The molecule has 0 aromatic heterocycles. The van der Waals surface area contributed by atoms with Crippen LogP contribution in [0.2, 0.25) is 0 Å². The molecule has 6 heteroatoms. The van der Waals surface area contributed by atoms with Crippen molar-refractivity contribution >= 4 is 0 Å². The van der Waals surface area contributed by atoms with Crippen LogP contribution in [0, 0.1) is 0 Å². The highest BCUT2D eigenvalue weighted by Gasteiger charge is 2.32. The zero-order chi connectivity index (χ0) is 8.91. The molecule has 1 atom stereocenters. The molecule has 0 saturated carbocycles. The van der Waals surface area contributed by atoms with Crippen molar-refractivity contribution in [1.82, 2.24) is 0 Å². The van der Waals surface area contributed by atoms with Gasteiger partial charge in [0.15, 0.2) is 0 Å². The molecule has 13 heavy (non-hydrogen) atoms. The summed E-state index contributed by atoms with van der Waals surface area (Å²) in [5.41, 5.74) is 3.78. The Labute approximate surface area is 92.6 Å². The lowest BCUT2D eigenvalue weighted by molar-refractivity contribution is -0.991. The fraction of sp³-hybridized carbons (Fsp3) is 1.00. The molecule has 0 aliphatic carbocycles. The van der Waals surface area contributed by atoms with E-state index in [2.05, 4.69) is 5.73 Å². The standard InChI is InChI=1S/C7H18N2O2.2ClH/c1-7(10-3,11-4)9(2)6-5-8;;/h5-6,8H2,1-4H3;2*1H. The van der Waals surface area contributed by atoms with Crippen LogP contribution in [0.1, 0.15) is 6.92 Å². The van der Waals surface area contributed by atoms with Crippen LogP contribution < -0.4 is 35.4 Å². The van der Waals surface area contributed by atoms with Gasteiger partial charge in [-0.05, 0) is 0 Å². The van der Waals surface area contributed by atoms with Crippen LogP contribution in [-0.4, -0.2) is 40.3 Å². The highest BCUT2D eigenvalue weighted by atomic mass is 35.5. The van der Waals surface area contributed by atoms with Crippen LogP contribution in [0.5, 0.6) is 0 Å². The first-order valence-corrected chi connectivity index (χ1v) is 3.83. The van der Waals surface area contributed by atoms with E-state index in [1.807, 2.05) is 14.0 Å². The molecule has 0 amide bonds. The van der Waals surface area contributed by atoms with Crippen molar-refractivity contribution in [1.29, 1.82) is 0 Å². The van der Waals surface area contributed by atoms with E-state index in [1.54, 1.807) is 14.2 Å². The number of ether oxygens (including phenoxy) is 2. The smallest absolute Gasteiger partial charge is 0.313 e. The van der Waals surface area contributed by atoms with Gasteiger partial charge < -0.3 is 40.0 Å². The zero-order valence-electron chi connectivity index (χ0n) is 8.69. The third-order valence-corrected chi connectivity index (χ3v) is 2.11. The van der Waals surface area contributed by atoms with Gasteiger partial charge in [-0.3, -0.25) is 4.90 Å². The van der Waals surface area contributed by atoms with E-state index in [4.69, 9.17) is 9.47 Å². The quantitative estimate of drug-likeness (QED) is 0.465. The van der Waals surface area contributed by atoms with E-state index in [0.717, 1.165) is 13.1 Å². The molecular formula is C7H20Cl2N2O2. The van der Waals surface area contributed by atoms with Crippen molar-refractivity contribution in [3.8, 4) is 0 Å². The van der Waals surface area contributed by atoms with Crippen molar-refractivity contribution in [2.24, 2.45) is 0 Å². The minimum absolute atomic E-state index is 0. The lowest BCUT2D eigenvalue weighted by atomic mass is 10.4. The first-order chi connectivity index (χ1) is 5.10. The summed E-state index contributed by atoms with van der Waals surface area (Å²) in [6, 6.07) is 0. The molecule has 0 rings (SSSR count). The van der Waals surface area contributed by atoms with E-state index in [0.29, 0.717) is 0 Å². The predicted octanol–water partition coefficient (Wildman–Crippen LogP) is -8.28. The summed E-state index contributed by atoms with van der Waals surface area (Å²) >= 11 is 0. The van der Waals surface area contributed by atoms with Crippen LogP contribution in [0.3, 0.4) is 0 Å². The Morgan fingerprint density at radius 2 is 1.62 bits per heavy atom. The number of quaternary nitrogens is 2. The minimum Gasteiger partial charge on any atom is -1.00 e. The van der Waals surface area contributed by atoms with Gasteiger partial charge in [-0.1, -0.05) is 0 Å². The second kappa shape index (κ2) is 8.99. The topological polar surface area (TPSA) is 50.5 Å². The number of hydrogen-bond donors (Lipinski definition) is 2. The Kier molecular flexibility index (Phi) is 13.2. The lowest BCUT2D eigenvalue weighted by Crippen LogP contribution is -3.19. The Bertz CT molecular complexity index is 113. The summed E-state index contributed by atoms with van der Waals surface area (Å²) in [6.07, 6.45) is 0. The maximum Gasteiger partial charge on any atom is 0.313 e. The molecule has 0 aromatic carbocycles. The number of hydrogen-bond acceptors (Lipinski definition) is 2. The molecule has 0 spiro atoms. The Balaban J connectivity index is -0.000000500. The predicted molar refractivity (Wildman–Crippen MR) is 41.9 cm³/mol. The van der Waals surface area contributed by atoms with Crippen molar-refractivity contribution in [2.75, 3.05) is 34.4 Å². The Morgan fingerprint density at radius 1 is 1.23 bits per heavy atom. The van der Waals surface area contributed by atoms with Gasteiger partial charge in [-0.25, -0.2) is 0 Å². The first-order valence-electron chi connectivity index (χ1n) is 3.83. The Morgan fingerprint density at radius 3 is 1.85 bits per heavy atom. The first kappa shape index (κ1) is 19.1. The normalized spacial score (nSPS) is 12.7. The van der Waals surface area contributed by atoms with Crippen LogP contribution in [0.4, 0.5) is 0 Å². The minimum atomic E-state index is -0.530. The summed E-state index contributed by atoms with van der Waals surface area (Å²) in [6.45, 7) is 3.74. The van der Waals surface area contributed by atoms with Crippen LogP contribution in [0.25, 0.3) is 0 Å². The molecule has 0 bridgehead atoms. The van der Waals surface area contributed by atoms with Crippen molar-refractivity contribution in [3.05, 3.63) is 0 Å². The molecule has 0 radical (unpaired) electrons. The fourth-order valence-corrected chi connectivity index (χ4v) is 0.924. The highest BCUT2D eigenvalue weighted by molar-refractivity contribution is 4.39. The maximum atomic E-state index is 5.21. The average molecular weight is 235 g/mol. The molecule has 0 aliphatic rings. The second-order valence-electron chi connectivity index (χ2n) is 2.74. The van der Waals surface area contributed by atoms with Crippen LogP contribution in [-0.2, 0) is 9.47 Å². The molecule has 0 fully saturated rings. The number of methoxy groups -OCH3 is 2. The summed E-state index contributed by atoms with van der Waals surface area (Å²) in [4.78, 5) is 1.18. The van der Waals surface area contributed by atoms with Gasteiger partial charge >= 0.3 is 5.91 Å². The molecule has 84 valence electrons. The third-order valence-electron chi connectivity index (χ3n) is 2.11. The van der Waals surface area contributed by atoms with E-state index in [9.17, 15) is 0 Å². The molecule has 4 N–H and O–H groups in total. The van der Waals surface area contributed by atoms with Gasteiger partial charge in [0.05, 0.1) is 7.05 Å². The SMILES string of the molecule is COC(C)(OC)[NH+](C)CC[NH3+].[Cl-].[Cl-]. The van der Waals surface area contributed by atoms with Gasteiger partial charge in [-0.2, -0.15) is 0 Å². The molecule has 0 aromatic rings. The van der Waals surface area contributed by atoms with E-state index >= 15 is 0 Å². The molecule has 1 unspecified atom stereocenters. The zero-order valence-corrected chi connectivity index (χ0v) is 10.2. The fourth-order valence-electron chi connectivity index (χ4n) is 0.924. The number of rotatable bonds is 5. The van der Waals surface area contributed by atoms with Crippen molar-refractivity contribution < 1.29 is 44.9 Å². The molecule has 0 saturated heterocycles. The maximum absolute atomic E-state index is 5.21. The Hall–Kier alpha value is 0.420. The van der Waals surface area contributed by atoms with Gasteiger partial charge in [0.25, 0.3) is 0 Å². The largest absolute Gasteiger partial charge is 1.00 e. The molecule has 0 aliphatic heterocycles. The van der Waals surface area contributed by atoms with Crippen molar-refractivity contribution in [3.63, 3.8) is 0 Å². The van der Waals surface area contributed by atoms with Gasteiger partial charge in [-0.15, -0.1) is 0 Å². The molecular weight excluding hydrogens is 215 g/mol. The van der Waals surface area contributed by atoms with Crippen LogP contribution in [0.15, 0.2) is 0 Å². The van der Waals surface area contributed by atoms with Crippen LogP contribution >= 0.6 is 0 Å². The number of likely N-dealkylation sites (N-methyl/N-ethyl adjacent to an activating group) is 1. The summed E-state index contributed by atoms with van der Waals surface area (Å²) in [5, 5.41) is 0. The highest BCUT2D eigenvalue weighted by Crippen LogP contribution is 1.97. The second-order valence-corrected chi connectivity index (χ2v) is 2.74. The monoisotopic (exact) mass is 234 g/mol. The average Bonchev–Trinajstić information content (AvgIpc) is 2.03. The molecule has 4 nitrogen and oxygen atoms in total. The van der Waals surface area contributed by atoms with E-state index in [-0.39, 0.29) is 24.8 Å². The number of nitrogens with one attached hydrogen (secondary N) is 1. The van der Waals surface area contributed by atoms with Gasteiger partial charge in [0.1, 0.15) is 13.1 Å².